The van der Waals surface area contributed by atoms with Crippen LogP contribution in [-0.4, -0.2) is 9.96 Å². The number of hydrogen-bond donors (Lipinski definition) is 1. The molecule has 1 atom stereocenters. The Morgan fingerprint density at radius 2 is 2.00 bits per heavy atom. The predicted octanol–water partition coefficient (Wildman–Crippen LogP) is 2.42. The van der Waals surface area contributed by atoms with Crippen molar-refractivity contribution in [1.82, 2.24) is 0 Å². The van der Waals surface area contributed by atoms with Gasteiger partial charge in [0.25, 0.3) is 0 Å². The van der Waals surface area contributed by atoms with Crippen molar-refractivity contribution < 1.29 is 4.21 Å². The van der Waals surface area contributed by atoms with E-state index in [-0.39, 0.29) is 0 Å². The number of rotatable bonds is 2. The standard InChI is InChI=1S/C9H13NOS/c1-3-12(10,11)9-7-5-4-6-8(9)2/h4-7,10H,3H2,1-2H3/t12-/m0/s1. The fourth-order valence-corrected chi connectivity index (χ4v) is 2.28. The van der Waals surface area contributed by atoms with Crippen molar-refractivity contribution in [3.8, 4) is 0 Å². The van der Waals surface area contributed by atoms with E-state index in [0.717, 1.165) is 5.56 Å². The fraction of sp³-hybridized carbons (Fsp3) is 0.333. The Morgan fingerprint density at radius 3 is 2.50 bits per heavy atom. The van der Waals surface area contributed by atoms with Crippen LogP contribution in [0.5, 0.6) is 0 Å². The molecular weight excluding hydrogens is 170 g/mol. The van der Waals surface area contributed by atoms with Crippen molar-refractivity contribution in [2.24, 2.45) is 0 Å². The Kier molecular flexibility index (Phi) is 2.52. The van der Waals surface area contributed by atoms with Crippen molar-refractivity contribution in [2.45, 2.75) is 18.7 Å². The highest BCUT2D eigenvalue weighted by molar-refractivity contribution is 7.92. The van der Waals surface area contributed by atoms with E-state index in [1.54, 1.807) is 13.0 Å². The Bertz CT molecular complexity index is 368. The van der Waals surface area contributed by atoms with Crippen molar-refractivity contribution >= 4 is 9.73 Å². The normalized spacial score (nSPS) is 15.5. The highest BCUT2D eigenvalue weighted by atomic mass is 32.2. The number of benzene rings is 1. The molecule has 0 saturated carbocycles. The molecule has 1 aromatic carbocycles. The van der Waals surface area contributed by atoms with Crippen LogP contribution in [-0.2, 0) is 9.73 Å². The van der Waals surface area contributed by atoms with E-state index >= 15 is 0 Å². The summed E-state index contributed by atoms with van der Waals surface area (Å²) in [5.41, 5.74) is 0.944. The van der Waals surface area contributed by atoms with Crippen molar-refractivity contribution in [2.75, 3.05) is 5.75 Å². The first-order chi connectivity index (χ1) is 5.58. The third kappa shape index (κ3) is 1.67. The summed E-state index contributed by atoms with van der Waals surface area (Å²) in [5.74, 6) is 0.387. The Hall–Kier alpha value is -0.830. The molecule has 66 valence electrons. The Labute approximate surface area is 73.6 Å². The number of hydrogen-bond acceptors (Lipinski definition) is 2. The maximum absolute atomic E-state index is 11.6. The third-order valence-corrected chi connectivity index (χ3v) is 3.84. The molecule has 1 aromatic rings. The molecular formula is C9H13NOS. The topological polar surface area (TPSA) is 40.9 Å². The summed E-state index contributed by atoms with van der Waals surface area (Å²) in [5, 5.41) is 0. The van der Waals surface area contributed by atoms with Crippen LogP contribution in [0.3, 0.4) is 0 Å². The molecule has 0 amide bonds. The lowest BCUT2D eigenvalue weighted by Gasteiger charge is -2.06. The van der Waals surface area contributed by atoms with Crippen LogP contribution in [0.2, 0.25) is 0 Å². The third-order valence-electron chi connectivity index (χ3n) is 1.86. The molecule has 1 N–H and O–H groups in total. The van der Waals surface area contributed by atoms with E-state index in [0.29, 0.717) is 10.6 Å². The van der Waals surface area contributed by atoms with Gasteiger partial charge in [0, 0.05) is 5.75 Å². The molecule has 0 aliphatic carbocycles. The summed E-state index contributed by atoms with van der Waals surface area (Å²) >= 11 is 0. The second kappa shape index (κ2) is 3.27. The maximum Gasteiger partial charge on any atom is 0.0725 e. The minimum Gasteiger partial charge on any atom is -0.249 e. The number of aryl methyl sites for hydroxylation is 1. The van der Waals surface area contributed by atoms with Crippen LogP contribution < -0.4 is 0 Å². The lowest BCUT2D eigenvalue weighted by atomic mass is 10.2. The first-order valence-electron chi connectivity index (χ1n) is 3.90. The van der Waals surface area contributed by atoms with Crippen LogP contribution in [0, 0.1) is 11.7 Å². The Balaban J connectivity index is 3.30. The van der Waals surface area contributed by atoms with Gasteiger partial charge in [0.1, 0.15) is 0 Å². The van der Waals surface area contributed by atoms with Gasteiger partial charge >= 0.3 is 0 Å². The molecule has 0 spiro atoms. The highest BCUT2D eigenvalue weighted by Crippen LogP contribution is 2.15. The summed E-state index contributed by atoms with van der Waals surface area (Å²) in [4.78, 5) is 0.674. The molecule has 12 heavy (non-hydrogen) atoms. The summed E-state index contributed by atoms with van der Waals surface area (Å²) in [6, 6.07) is 7.38. The zero-order valence-electron chi connectivity index (χ0n) is 7.33. The molecule has 0 saturated heterocycles. The molecule has 1 rings (SSSR count). The van der Waals surface area contributed by atoms with Crippen LogP contribution in [0.1, 0.15) is 12.5 Å². The average Bonchev–Trinajstić information content (AvgIpc) is 2.05. The zero-order valence-corrected chi connectivity index (χ0v) is 8.15. The van der Waals surface area contributed by atoms with E-state index in [1.165, 1.54) is 0 Å². The molecule has 0 aliphatic rings. The van der Waals surface area contributed by atoms with Gasteiger partial charge in [-0.15, -0.1) is 0 Å². The smallest absolute Gasteiger partial charge is 0.0725 e. The minimum absolute atomic E-state index is 0.387. The molecule has 0 bridgehead atoms. The molecule has 0 fully saturated rings. The van der Waals surface area contributed by atoms with Gasteiger partial charge in [-0.25, -0.2) is 8.99 Å². The summed E-state index contributed by atoms with van der Waals surface area (Å²) < 4.78 is 19.2. The van der Waals surface area contributed by atoms with Crippen LogP contribution in [0.25, 0.3) is 0 Å². The average molecular weight is 183 g/mol. The van der Waals surface area contributed by atoms with Crippen molar-refractivity contribution in [3.05, 3.63) is 29.8 Å². The highest BCUT2D eigenvalue weighted by Gasteiger charge is 2.08. The van der Waals surface area contributed by atoms with Gasteiger partial charge in [0.2, 0.25) is 0 Å². The zero-order chi connectivity index (χ0) is 9.19. The largest absolute Gasteiger partial charge is 0.249 e. The molecule has 0 unspecified atom stereocenters. The van der Waals surface area contributed by atoms with Gasteiger partial charge < -0.3 is 0 Å². The first-order valence-corrected chi connectivity index (χ1v) is 5.63. The summed E-state index contributed by atoms with van der Waals surface area (Å²) in [7, 11) is -2.53. The van der Waals surface area contributed by atoms with E-state index in [1.807, 2.05) is 25.1 Å². The predicted molar refractivity (Wildman–Crippen MR) is 50.8 cm³/mol. The lowest BCUT2D eigenvalue weighted by Crippen LogP contribution is -2.03. The van der Waals surface area contributed by atoms with Gasteiger partial charge in [-0.2, -0.15) is 0 Å². The molecule has 3 heteroatoms. The Morgan fingerprint density at radius 1 is 1.42 bits per heavy atom. The van der Waals surface area contributed by atoms with Gasteiger partial charge in [-0.1, -0.05) is 25.1 Å². The first kappa shape index (κ1) is 9.26. The summed E-state index contributed by atoms with van der Waals surface area (Å²) in [6.45, 7) is 3.67. The number of nitrogens with one attached hydrogen (secondary N) is 1. The second-order valence-electron chi connectivity index (χ2n) is 2.73. The quantitative estimate of drug-likeness (QED) is 0.751. The minimum atomic E-state index is -2.53. The van der Waals surface area contributed by atoms with E-state index < -0.39 is 9.73 Å². The van der Waals surface area contributed by atoms with Crippen LogP contribution in [0.15, 0.2) is 29.2 Å². The molecule has 2 nitrogen and oxygen atoms in total. The molecule has 0 aromatic heterocycles. The maximum atomic E-state index is 11.6. The second-order valence-corrected chi connectivity index (χ2v) is 5.10. The fourth-order valence-electron chi connectivity index (χ4n) is 1.08. The monoisotopic (exact) mass is 183 g/mol. The van der Waals surface area contributed by atoms with Crippen LogP contribution in [0.4, 0.5) is 0 Å². The molecule has 0 aliphatic heterocycles. The van der Waals surface area contributed by atoms with E-state index in [4.69, 9.17) is 4.78 Å². The van der Waals surface area contributed by atoms with Crippen molar-refractivity contribution in [3.63, 3.8) is 0 Å². The van der Waals surface area contributed by atoms with E-state index in [9.17, 15) is 4.21 Å². The van der Waals surface area contributed by atoms with Gasteiger partial charge in [-0.05, 0) is 18.6 Å². The van der Waals surface area contributed by atoms with Gasteiger partial charge in [-0.3, -0.25) is 0 Å². The summed E-state index contributed by atoms with van der Waals surface area (Å²) in [6.07, 6.45) is 0. The lowest BCUT2D eigenvalue weighted by molar-refractivity contribution is 0.675. The van der Waals surface area contributed by atoms with Gasteiger partial charge in [0.05, 0.1) is 14.6 Å². The SMILES string of the molecule is CC[S@](=N)(=O)c1ccccc1C. The molecule has 0 heterocycles. The van der Waals surface area contributed by atoms with Gasteiger partial charge in [0.15, 0.2) is 0 Å². The van der Waals surface area contributed by atoms with E-state index in [2.05, 4.69) is 0 Å². The van der Waals surface area contributed by atoms with Crippen molar-refractivity contribution in [1.29, 1.82) is 4.78 Å². The molecule has 0 radical (unpaired) electrons. The van der Waals surface area contributed by atoms with Crippen LogP contribution >= 0.6 is 0 Å².